The summed E-state index contributed by atoms with van der Waals surface area (Å²) in [6.45, 7) is 3.43. The molecule has 0 bridgehead atoms. The zero-order valence-electron chi connectivity index (χ0n) is 15.9. The first-order valence-electron chi connectivity index (χ1n) is 9.75. The average molecular weight is 398 g/mol. The van der Waals surface area contributed by atoms with Gasteiger partial charge in [0.2, 0.25) is 0 Å². The summed E-state index contributed by atoms with van der Waals surface area (Å²) < 4.78 is 0. The van der Waals surface area contributed by atoms with Crippen LogP contribution in [0.3, 0.4) is 0 Å². The molecule has 2 N–H and O–H groups in total. The number of hydrogen-bond donors (Lipinski definition) is 2. The summed E-state index contributed by atoms with van der Waals surface area (Å²) in [6, 6.07) is 5.91. The van der Waals surface area contributed by atoms with Crippen LogP contribution in [-0.2, 0) is 6.54 Å². The second kappa shape index (κ2) is 8.27. The predicted molar refractivity (Wildman–Crippen MR) is 110 cm³/mol. The van der Waals surface area contributed by atoms with Crippen molar-refractivity contribution in [2.24, 2.45) is 10.9 Å². The number of nitrogens with one attached hydrogen (secondary N) is 2. The Morgan fingerprint density at radius 1 is 1.25 bits per heavy atom. The van der Waals surface area contributed by atoms with Gasteiger partial charge in [0.1, 0.15) is 11.5 Å². The molecular weight excluding hydrogens is 374 g/mol. The van der Waals surface area contributed by atoms with Crippen LogP contribution >= 0.6 is 11.6 Å². The van der Waals surface area contributed by atoms with Crippen LogP contribution in [0.15, 0.2) is 35.6 Å². The van der Waals surface area contributed by atoms with E-state index in [0.717, 1.165) is 43.8 Å². The Kier molecular flexibility index (Phi) is 5.57. The summed E-state index contributed by atoms with van der Waals surface area (Å²) in [5.41, 5.74) is 3.42. The van der Waals surface area contributed by atoms with Crippen LogP contribution in [0.4, 0.5) is 0 Å². The monoisotopic (exact) mass is 397 g/mol. The van der Waals surface area contributed by atoms with Crippen LogP contribution < -0.4 is 10.6 Å². The highest BCUT2D eigenvalue weighted by molar-refractivity contribution is 6.30. The normalized spacial score (nSPS) is 21.0. The predicted octanol–water partition coefficient (Wildman–Crippen LogP) is 3.28. The summed E-state index contributed by atoms with van der Waals surface area (Å²) in [7, 11) is 0. The standard InChI is InChI=1S/C21H24ClN5O/c1-13-18(9-16(22)12-24-13)21(28)27-17-6-4-14(5-7-17)10-25-20-19-15(11-26-20)3-2-8-23-19/h2-3,8-9,12,14,17H,4-7,10-11H2,1H3,(H,25,26)(H,27,28). The largest absolute Gasteiger partial charge is 0.368 e. The van der Waals surface area contributed by atoms with E-state index < -0.39 is 0 Å². The van der Waals surface area contributed by atoms with Crippen LogP contribution in [0, 0.1) is 12.8 Å². The fourth-order valence-electron chi connectivity index (χ4n) is 3.91. The number of aromatic nitrogens is 2. The molecule has 0 spiro atoms. The number of pyridine rings is 2. The SMILES string of the molecule is Cc1ncc(Cl)cc1C(=O)NC1CCC(CNC2=NCc3cccnc32)CC1. The minimum atomic E-state index is -0.0860. The number of rotatable bonds is 4. The lowest BCUT2D eigenvalue weighted by Crippen LogP contribution is -2.40. The molecule has 2 aliphatic rings. The van der Waals surface area contributed by atoms with Crippen LogP contribution in [0.2, 0.25) is 5.02 Å². The topological polar surface area (TPSA) is 79.3 Å². The third-order valence-electron chi connectivity index (χ3n) is 5.56. The molecule has 1 saturated carbocycles. The van der Waals surface area contributed by atoms with Gasteiger partial charge in [0.25, 0.3) is 5.91 Å². The molecule has 146 valence electrons. The Balaban J connectivity index is 1.25. The van der Waals surface area contributed by atoms with Crippen molar-refractivity contribution in [2.45, 2.75) is 45.2 Å². The van der Waals surface area contributed by atoms with Crippen molar-refractivity contribution in [1.29, 1.82) is 0 Å². The fourth-order valence-corrected chi connectivity index (χ4v) is 4.07. The molecule has 6 nitrogen and oxygen atoms in total. The van der Waals surface area contributed by atoms with Crippen molar-refractivity contribution in [1.82, 2.24) is 20.6 Å². The van der Waals surface area contributed by atoms with E-state index in [1.165, 1.54) is 5.56 Å². The molecule has 1 amide bonds. The first-order chi connectivity index (χ1) is 13.6. The van der Waals surface area contributed by atoms with E-state index in [2.05, 4.69) is 31.7 Å². The molecule has 0 unspecified atom stereocenters. The summed E-state index contributed by atoms with van der Waals surface area (Å²) in [5.74, 6) is 1.41. The van der Waals surface area contributed by atoms with Crippen LogP contribution in [-0.4, -0.2) is 34.3 Å². The Bertz CT molecular complexity index is 905. The first kappa shape index (κ1) is 18.9. The number of carbonyl (C=O) groups excluding carboxylic acids is 1. The Hall–Kier alpha value is -2.47. The number of aryl methyl sites for hydroxylation is 1. The molecule has 7 heteroatoms. The van der Waals surface area contributed by atoms with Crippen molar-refractivity contribution in [3.63, 3.8) is 0 Å². The number of fused-ring (bicyclic) bond motifs is 1. The summed E-state index contributed by atoms with van der Waals surface area (Å²) in [5, 5.41) is 7.10. The number of amides is 1. The molecule has 0 aromatic carbocycles. The van der Waals surface area contributed by atoms with Crippen LogP contribution in [0.5, 0.6) is 0 Å². The van der Waals surface area contributed by atoms with E-state index in [0.29, 0.717) is 28.7 Å². The summed E-state index contributed by atoms with van der Waals surface area (Å²) in [4.78, 5) is 25.7. The number of halogens is 1. The van der Waals surface area contributed by atoms with Crippen molar-refractivity contribution in [3.8, 4) is 0 Å². The molecule has 1 aliphatic carbocycles. The molecule has 4 rings (SSSR count). The highest BCUT2D eigenvalue weighted by atomic mass is 35.5. The van der Waals surface area contributed by atoms with E-state index in [-0.39, 0.29) is 11.9 Å². The van der Waals surface area contributed by atoms with Gasteiger partial charge in [0, 0.05) is 30.5 Å². The second-order valence-corrected chi connectivity index (χ2v) is 7.97. The molecule has 2 aromatic rings. The van der Waals surface area contributed by atoms with E-state index in [9.17, 15) is 4.79 Å². The lowest BCUT2D eigenvalue weighted by atomic mass is 9.86. The minimum absolute atomic E-state index is 0.0860. The molecule has 2 aromatic heterocycles. The molecule has 0 atom stereocenters. The van der Waals surface area contributed by atoms with Crippen molar-refractivity contribution < 1.29 is 4.79 Å². The van der Waals surface area contributed by atoms with Gasteiger partial charge in [-0.2, -0.15) is 0 Å². The maximum Gasteiger partial charge on any atom is 0.253 e. The number of amidine groups is 1. The Labute approximate surface area is 169 Å². The molecule has 1 fully saturated rings. The summed E-state index contributed by atoms with van der Waals surface area (Å²) in [6.07, 6.45) is 7.49. The molecule has 0 saturated heterocycles. The van der Waals surface area contributed by atoms with Gasteiger partial charge < -0.3 is 10.6 Å². The molecule has 0 radical (unpaired) electrons. The molecular formula is C21H24ClN5O. The maximum atomic E-state index is 12.5. The van der Waals surface area contributed by atoms with Gasteiger partial charge >= 0.3 is 0 Å². The highest BCUT2D eigenvalue weighted by Gasteiger charge is 2.24. The van der Waals surface area contributed by atoms with Crippen LogP contribution in [0.25, 0.3) is 0 Å². The third-order valence-corrected chi connectivity index (χ3v) is 5.77. The van der Waals surface area contributed by atoms with Gasteiger partial charge in [-0.15, -0.1) is 0 Å². The minimum Gasteiger partial charge on any atom is -0.368 e. The van der Waals surface area contributed by atoms with Crippen molar-refractivity contribution in [2.75, 3.05) is 6.54 Å². The van der Waals surface area contributed by atoms with Gasteiger partial charge in [0.05, 0.1) is 22.8 Å². The fraction of sp³-hybridized carbons (Fsp3) is 0.429. The van der Waals surface area contributed by atoms with Crippen molar-refractivity contribution in [3.05, 3.63) is 58.1 Å². The molecule has 3 heterocycles. The number of aliphatic imine (C=N–C) groups is 1. The van der Waals surface area contributed by atoms with E-state index in [4.69, 9.17) is 11.6 Å². The van der Waals surface area contributed by atoms with E-state index >= 15 is 0 Å². The van der Waals surface area contributed by atoms with Gasteiger partial charge in [-0.1, -0.05) is 17.7 Å². The lowest BCUT2D eigenvalue weighted by molar-refractivity contribution is 0.0921. The average Bonchev–Trinajstić information content (AvgIpc) is 3.12. The molecule has 1 aliphatic heterocycles. The highest BCUT2D eigenvalue weighted by Crippen LogP contribution is 2.25. The zero-order valence-corrected chi connectivity index (χ0v) is 16.7. The number of nitrogens with zero attached hydrogens (tertiary/aromatic N) is 3. The summed E-state index contributed by atoms with van der Waals surface area (Å²) >= 11 is 5.98. The first-order valence-corrected chi connectivity index (χ1v) is 10.1. The number of hydrogen-bond acceptors (Lipinski definition) is 5. The van der Waals surface area contributed by atoms with Gasteiger partial charge in [0.15, 0.2) is 0 Å². The lowest BCUT2D eigenvalue weighted by Gasteiger charge is -2.29. The van der Waals surface area contributed by atoms with Gasteiger partial charge in [-0.3, -0.25) is 19.8 Å². The smallest absolute Gasteiger partial charge is 0.253 e. The Morgan fingerprint density at radius 3 is 2.89 bits per heavy atom. The zero-order chi connectivity index (χ0) is 19.5. The third kappa shape index (κ3) is 4.17. The Morgan fingerprint density at radius 2 is 2.07 bits per heavy atom. The second-order valence-electron chi connectivity index (χ2n) is 7.53. The number of carbonyl (C=O) groups is 1. The quantitative estimate of drug-likeness (QED) is 0.829. The van der Waals surface area contributed by atoms with Gasteiger partial charge in [-0.05, 0) is 50.7 Å². The molecule has 28 heavy (non-hydrogen) atoms. The van der Waals surface area contributed by atoms with Crippen molar-refractivity contribution >= 4 is 23.3 Å². The van der Waals surface area contributed by atoms with E-state index in [1.807, 2.05) is 19.2 Å². The van der Waals surface area contributed by atoms with Gasteiger partial charge in [-0.25, -0.2) is 0 Å². The maximum absolute atomic E-state index is 12.5. The van der Waals surface area contributed by atoms with E-state index in [1.54, 1.807) is 12.3 Å². The van der Waals surface area contributed by atoms with Crippen LogP contribution in [0.1, 0.15) is 53.0 Å².